The fraction of sp³-hybridized carbons (Fsp3) is 0.727. The Hall–Kier alpha value is -1.43. The van der Waals surface area contributed by atoms with Crippen molar-refractivity contribution in [3.05, 3.63) is 11.6 Å². The van der Waals surface area contributed by atoms with Crippen molar-refractivity contribution in [1.82, 2.24) is 20.5 Å². The molecule has 0 spiro atoms. The van der Waals surface area contributed by atoms with E-state index >= 15 is 0 Å². The van der Waals surface area contributed by atoms with Gasteiger partial charge in [0.25, 0.3) is 5.91 Å². The molecule has 0 saturated heterocycles. The Morgan fingerprint density at radius 3 is 2.94 bits per heavy atom. The Labute approximate surface area is 100 Å². The van der Waals surface area contributed by atoms with Gasteiger partial charge >= 0.3 is 0 Å². The van der Waals surface area contributed by atoms with E-state index in [0.29, 0.717) is 18.3 Å². The first-order valence-electron chi connectivity index (χ1n) is 6.10. The molecule has 1 saturated carbocycles. The van der Waals surface area contributed by atoms with Gasteiger partial charge in [-0.3, -0.25) is 9.89 Å². The summed E-state index contributed by atoms with van der Waals surface area (Å²) in [6, 6.07) is 0.167. The van der Waals surface area contributed by atoms with E-state index in [0.717, 1.165) is 19.3 Å². The number of nitrogens with two attached hydrogens (primary N) is 1. The number of hydrogen-bond acceptors (Lipinski definition) is 4. The summed E-state index contributed by atoms with van der Waals surface area (Å²) in [4.78, 5) is 15.9. The smallest absolute Gasteiger partial charge is 0.291 e. The van der Waals surface area contributed by atoms with Gasteiger partial charge in [0.1, 0.15) is 5.82 Å². The average molecular weight is 237 g/mol. The van der Waals surface area contributed by atoms with Crippen molar-refractivity contribution >= 4 is 5.91 Å². The van der Waals surface area contributed by atoms with E-state index in [2.05, 4.69) is 20.5 Å². The SMILES string of the molecule is Cc1nc(C(=O)NC2CCCCC2CN)n[nH]1. The molecule has 0 bridgehead atoms. The van der Waals surface area contributed by atoms with Gasteiger partial charge in [0.05, 0.1) is 0 Å². The van der Waals surface area contributed by atoms with Gasteiger partial charge in [0, 0.05) is 6.04 Å². The highest BCUT2D eigenvalue weighted by atomic mass is 16.2. The van der Waals surface area contributed by atoms with Gasteiger partial charge in [-0.15, -0.1) is 5.10 Å². The molecule has 17 heavy (non-hydrogen) atoms. The maximum atomic E-state index is 11.9. The van der Waals surface area contributed by atoms with Gasteiger partial charge in [-0.25, -0.2) is 4.98 Å². The molecule has 4 N–H and O–H groups in total. The number of H-pyrrole nitrogens is 1. The number of aryl methyl sites for hydroxylation is 1. The third-order valence-electron chi connectivity index (χ3n) is 3.33. The Morgan fingerprint density at radius 2 is 2.29 bits per heavy atom. The van der Waals surface area contributed by atoms with Crippen LogP contribution in [0.5, 0.6) is 0 Å². The van der Waals surface area contributed by atoms with E-state index < -0.39 is 0 Å². The van der Waals surface area contributed by atoms with E-state index in [4.69, 9.17) is 5.73 Å². The molecule has 0 aromatic carbocycles. The quantitative estimate of drug-likeness (QED) is 0.707. The number of rotatable bonds is 3. The molecule has 0 aliphatic heterocycles. The summed E-state index contributed by atoms with van der Waals surface area (Å²) in [5, 5.41) is 9.50. The first kappa shape index (κ1) is 12.0. The molecule has 2 unspecified atom stereocenters. The number of nitrogens with zero attached hydrogens (tertiary/aromatic N) is 2. The van der Waals surface area contributed by atoms with Crippen molar-refractivity contribution in [3.63, 3.8) is 0 Å². The zero-order chi connectivity index (χ0) is 12.3. The minimum atomic E-state index is -0.209. The maximum Gasteiger partial charge on any atom is 0.291 e. The van der Waals surface area contributed by atoms with Crippen LogP contribution in [0.25, 0.3) is 0 Å². The molecule has 0 radical (unpaired) electrons. The standard InChI is InChI=1S/C11H19N5O/c1-7-13-10(16-15-7)11(17)14-9-5-3-2-4-8(9)6-12/h8-9H,2-6,12H2,1H3,(H,14,17)(H,13,15,16). The Bertz CT molecular complexity index is 389. The zero-order valence-corrected chi connectivity index (χ0v) is 10.1. The lowest BCUT2D eigenvalue weighted by molar-refractivity contribution is 0.0898. The molecular formula is C11H19N5O. The zero-order valence-electron chi connectivity index (χ0n) is 10.1. The molecule has 1 fully saturated rings. The van der Waals surface area contributed by atoms with Gasteiger partial charge in [0.15, 0.2) is 0 Å². The van der Waals surface area contributed by atoms with Gasteiger partial charge < -0.3 is 11.1 Å². The highest BCUT2D eigenvalue weighted by Crippen LogP contribution is 2.23. The molecule has 1 aliphatic carbocycles. The van der Waals surface area contributed by atoms with Crippen LogP contribution in [0, 0.1) is 12.8 Å². The molecule has 2 rings (SSSR count). The molecule has 6 heteroatoms. The van der Waals surface area contributed by atoms with Crippen molar-refractivity contribution in [2.24, 2.45) is 11.7 Å². The summed E-state index contributed by atoms with van der Waals surface area (Å²) in [6.45, 7) is 2.39. The highest BCUT2D eigenvalue weighted by molar-refractivity contribution is 5.90. The van der Waals surface area contributed by atoms with E-state index in [-0.39, 0.29) is 17.8 Å². The predicted molar refractivity (Wildman–Crippen MR) is 63.4 cm³/mol. The molecule has 1 amide bonds. The van der Waals surface area contributed by atoms with Crippen LogP contribution in [0.4, 0.5) is 0 Å². The second-order valence-electron chi connectivity index (χ2n) is 4.60. The van der Waals surface area contributed by atoms with E-state index in [9.17, 15) is 4.79 Å². The molecular weight excluding hydrogens is 218 g/mol. The lowest BCUT2D eigenvalue weighted by atomic mass is 9.84. The average Bonchev–Trinajstić information content (AvgIpc) is 2.77. The van der Waals surface area contributed by atoms with Crippen LogP contribution >= 0.6 is 0 Å². The number of hydrogen-bond donors (Lipinski definition) is 3. The van der Waals surface area contributed by atoms with Crippen molar-refractivity contribution in [2.75, 3.05) is 6.54 Å². The van der Waals surface area contributed by atoms with E-state index in [1.165, 1.54) is 6.42 Å². The Balaban J connectivity index is 1.97. The largest absolute Gasteiger partial charge is 0.346 e. The van der Waals surface area contributed by atoms with Crippen LogP contribution < -0.4 is 11.1 Å². The summed E-state index contributed by atoms with van der Waals surface area (Å²) >= 11 is 0. The monoisotopic (exact) mass is 237 g/mol. The topological polar surface area (TPSA) is 96.7 Å². The summed E-state index contributed by atoms with van der Waals surface area (Å²) in [7, 11) is 0. The normalized spacial score (nSPS) is 24.6. The lowest BCUT2D eigenvalue weighted by Crippen LogP contribution is -2.45. The molecule has 1 aromatic heterocycles. The van der Waals surface area contributed by atoms with Crippen molar-refractivity contribution < 1.29 is 4.79 Å². The van der Waals surface area contributed by atoms with Gasteiger partial charge in [-0.05, 0) is 32.2 Å². The predicted octanol–water partition coefficient (Wildman–Crippen LogP) is 0.360. The number of carbonyl (C=O) groups is 1. The minimum Gasteiger partial charge on any atom is -0.346 e. The van der Waals surface area contributed by atoms with E-state index in [1.807, 2.05) is 0 Å². The second-order valence-corrected chi connectivity index (χ2v) is 4.60. The lowest BCUT2D eigenvalue weighted by Gasteiger charge is -2.30. The van der Waals surface area contributed by atoms with E-state index in [1.54, 1.807) is 6.92 Å². The van der Waals surface area contributed by atoms with Gasteiger partial charge in [-0.2, -0.15) is 0 Å². The molecule has 1 aliphatic rings. The molecule has 6 nitrogen and oxygen atoms in total. The maximum absolute atomic E-state index is 11.9. The molecule has 2 atom stereocenters. The summed E-state index contributed by atoms with van der Waals surface area (Å²) in [5.41, 5.74) is 5.72. The van der Waals surface area contributed by atoms with Gasteiger partial charge in [0.2, 0.25) is 5.82 Å². The Kier molecular flexibility index (Phi) is 3.73. The number of carbonyl (C=O) groups excluding carboxylic acids is 1. The van der Waals surface area contributed by atoms with Gasteiger partial charge in [-0.1, -0.05) is 12.8 Å². The number of nitrogens with one attached hydrogen (secondary N) is 2. The molecule has 1 aromatic rings. The van der Waals surface area contributed by atoms with Crippen LogP contribution in [-0.2, 0) is 0 Å². The fourth-order valence-electron chi connectivity index (χ4n) is 2.36. The number of aromatic nitrogens is 3. The summed E-state index contributed by atoms with van der Waals surface area (Å²) in [5.74, 6) is 1.03. The van der Waals surface area contributed by atoms with Crippen LogP contribution in [0.2, 0.25) is 0 Å². The summed E-state index contributed by atoms with van der Waals surface area (Å²) < 4.78 is 0. The van der Waals surface area contributed by atoms with Crippen LogP contribution in [0.3, 0.4) is 0 Å². The van der Waals surface area contributed by atoms with Crippen LogP contribution in [-0.4, -0.2) is 33.7 Å². The summed E-state index contributed by atoms with van der Waals surface area (Å²) in [6.07, 6.45) is 4.44. The minimum absolute atomic E-state index is 0.167. The van der Waals surface area contributed by atoms with Crippen LogP contribution in [0.15, 0.2) is 0 Å². The first-order valence-corrected chi connectivity index (χ1v) is 6.10. The third kappa shape index (κ3) is 2.82. The fourth-order valence-corrected chi connectivity index (χ4v) is 2.36. The third-order valence-corrected chi connectivity index (χ3v) is 3.33. The highest BCUT2D eigenvalue weighted by Gasteiger charge is 2.26. The van der Waals surface area contributed by atoms with Crippen LogP contribution in [0.1, 0.15) is 42.1 Å². The molecule has 94 valence electrons. The first-order chi connectivity index (χ1) is 8.20. The Morgan fingerprint density at radius 1 is 1.53 bits per heavy atom. The number of aromatic amines is 1. The number of amides is 1. The second kappa shape index (κ2) is 5.27. The van der Waals surface area contributed by atoms with Crippen molar-refractivity contribution in [1.29, 1.82) is 0 Å². The van der Waals surface area contributed by atoms with Crippen molar-refractivity contribution in [3.8, 4) is 0 Å². The van der Waals surface area contributed by atoms with Crippen molar-refractivity contribution in [2.45, 2.75) is 38.6 Å². The molecule has 1 heterocycles.